The standard InChI is InChI=1S/C16H28N4/c1-6-14-9-13(11-17-4)10-15(18-14)20-8-7-19(5)16(2,3)12-20/h9-10,17H,6-8,11-12H2,1-5H3. The summed E-state index contributed by atoms with van der Waals surface area (Å²) in [7, 11) is 4.20. The Morgan fingerprint density at radius 2 is 2.05 bits per heavy atom. The number of pyridine rings is 1. The average molecular weight is 276 g/mol. The number of nitrogens with one attached hydrogen (secondary N) is 1. The van der Waals surface area contributed by atoms with Crippen molar-refractivity contribution in [1.29, 1.82) is 0 Å². The van der Waals surface area contributed by atoms with E-state index < -0.39 is 0 Å². The first-order valence-corrected chi connectivity index (χ1v) is 7.57. The van der Waals surface area contributed by atoms with Gasteiger partial charge in [-0.25, -0.2) is 4.98 Å². The molecule has 0 saturated carbocycles. The maximum absolute atomic E-state index is 4.83. The van der Waals surface area contributed by atoms with E-state index in [9.17, 15) is 0 Å². The zero-order valence-corrected chi connectivity index (χ0v) is 13.5. The summed E-state index contributed by atoms with van der Waals surface area (Å²) in [5.41, 5.74) is 2.71. The molecule has 0 amide bonds. The second-order valence-corrected chi connectivity index (χ2v) is 6.36. The minimum Gasteiger partial charge on any atom is -0.353 e. The molecule has 4 nitrogen and oxygen atoms in total. The van der Waals surface area contributed by atoms with E-state index in [1.807, 2.05) is 7.05 Å². The molecule has 20 heavy (non-hydrogen) atoms. The van der Waals surface area contributed by atoms with Crippen molar-refractivity contribution in [2.75, 3.05) is 38.6 Å². The summed E-state index contributed by atoms with van der Waals surface area (Å²) in [4.78, 5) is 9.69. The summed E-state index contributed by atoms with van der Waals surface area (Å²) in [5, 5.41) is 3.23. The van der Waals surface area contributed by atoms with Gasteiger partial charge in [-0.15, -0.1) is 0 Å². The summed E-state index contributed by atoms with van der Waals surface area (Å²) in [6, 6.07) is 4.44. The summed E-state index contributed by atoms with van der Waals surface area (Å²) in [6.07, 6.45) is 0.988. The van der Waals surface area contributed by atoms with E-state index in [1.165, 1.54) is 11.3 Å². The maximum Gasteiger partial charge on any atom is 0.129 e. The van der Waals surface area contributed by atoms with E-state index in [0.717, 1.165) is 38.4 Å². The first-order valence-electron chi connectivity index (χ1n) is 7.57. The van der Waals surface area contributed by atoms with Gasteiger partial charge in [-0.3, -0.25) is 4.90 Å². The fourth-order valence-corrected chi connectivity index (χ4v) is 2.72. The highest BCUT2D eigenvalue weighted by molar-refractivity contribution is 5.44. The highest BCUT2D eigenvalue weighted by Gasteiger charge is 2.31. The summed E-state index contributed by atoms with van der Waals surface area (Å²) in [5.74, 6) is 1.13. The van der Waals surface area contributed by atoms with Gasteiger partial charge < -0.3 is 10.2 Å². The van der Waals surface area contributed by atoms with Crippen LogP contribution in [0.4, 0.5) is 5.82 Å². The van der Waals surface area contributed by atoms with Crippen LogP contribution in [0.1, 0.15) is 32.0 Å². The van der Waals surface area contributed by atoms with E-state index in [2.05, 4.69) is 55.1 Å². The molecule has 0 aromatic carbocycles. The molecule has 4 heteroatoms. The smallest absolute Gasteiger partial charge is 0.129 e. The third kappa shape index (κ3) is 3.30. The Hall–Kier alpha value is -1.13. The van der Waals surface area contributed by atoms with Gasteiger partial charge in [0.25, 0.3) is 0 Å². The molecule has 1 aliphatic heterocycles. The van der Waals surface area contributed by atoms with Gasteiger partial charge in [0.2, 0.25) is 0 Å². The molecule has 0 radical (unpaired) electrons. The minimum atomic E-state index is 0.200. The molecule has 0 atom stereocenters. The van der Waals surface area contributed by atoms with Crippen molar-refractivity contribution < 1.29 is 0 Å². The SMILES string of the molecule is CCc1cc(CNC)cc(N2CCN(C)C(C)(C)C2)n1. The van der Waals surface area contributed by atoms with Crippen molar-refractivity contribution in [3.8, 4) is 0 Å². The van der Waals surface area contributed by atoms with E-state index in [0.29, 0.717) is 0 Å². The molecular weight excluding hydrogens is 248 g/mol. The van der Waals surface area contributed by atoms with Crippen molar-refractivity contribution in [3.05, 3.63) is 23.4 Å². The van der Waals surface area contributed by atoms with Crippen LogP contribution in [0, 0.1) is 0 Å². The van der Waals surface area contributed by atoms with Gasteiger partial charge in [0, 0.05) is 37.4 Å². The summed E-state index contributed by atoms with van der Waals surface area (Å²) in [6.45, 7) is 10.9. The van der Waals surface area contributed by atoms with Gasteiger partial charge >= 0.3 is 0 Å². The number of nitrogens with zero attached hydrogens (tertiary/aromatic N) is 3. The number of likely N-dealkylation sites (N-methyl/N-ethyl adjacent to an activating group) is 1. The van der Waals surface area contributed by atoms with Crippen LogP contribution in [0.15, 0.2) is 12.1 Å². The molecule has 1 fully saturated rings. The largest absolute Gasteiger partial charge is 0.353 e. The third-order valence-electron chi connectivity index (χ3n) is 4.31. The van der Waals surface area contributed by atoms with Crippen LogP contribution in [-0.2, 0) is 13.0 Å². The topological polar surface area (TPSA) is 31.4 Å². The number of anilines is 1. The number of hydrogen-bond acceptors (Lipinski definition) is 4. The molecular formula is C16H28N4. The van der Waals surface area contributed by atoms with Gasteiger partial charge in [-0.2, -0.15) is 0 Å². The van der Waals surface area contributed by atoms with E-state index in [1.54, 1.807) is 0 Å². The molecule has 2 rings (SSSR count). The Kier molecular flexibility index (Phi) is 4.66. The average Bonchev–Trinajstić information content (AvgIpc) is 2.41. The Balaban J connectivity index is 2.25. The van der Waals surface area contributed by atoms with Crippen LogP contribution in [0.5, 0.6) is 0 Å². The normalized spacial score (nSPS) is 19.4. The van der Waals surface area contributed by atoms with Gasteiger partial charge in [0.1, 0.15) is 5.82 Å². The predicted octanol–water partition coefficient (Wildman–Crippen LogP) is 1.89. The number of piperazine rings is 1. The van der Waals surface area contributed by atoms with Gasteiger partial charge in [-0.05, 0) is 52.1 Å². The molecule has 1 N–H and O–H groups in total. The Bertz CT molecular complexity index is 456. The lowest BCUT2D eigenvalue weighted by molar-refractivity contribution is 0.138. The number of aromatic nitrogens is 1. The Labute approximate surface area is 123 Å². The van der Waals surface area contributed by atoms with Crippen molar-refractivity contribution in [2.24, 2.45) is 0 Å². The van der Waals surface area contributed by atoms with Crippen LogP contribution in [-0.4, -0.2) is 49.2 Å². The highest BCUT2D eigenvalue weighted by atomic mass is 15.3. The molecule has 0 unspecified atom stereocenters. The maximum atomic E-state index is 4.83. The Morgan fingerprint density at radius 1 is 1.30 bits per heavy atom. The second kappa shape index (κ2) is 6.10. The van der Waals surface area contributed by atoms with Crippen molar-refractivity contribution in [3.63, 3.8) is 0 Å². The molecule has 1 aromatic rings. The predicted molar refractivity (Wildman–Crippen MR) is 85.3 cm³/mol. The Morgan fingerprint density at radius 3 is 2.65 bits per heavy atom. The quantitative estimate of drug-likeness (QED) is 0.910. The zero-order chi connectivity index (χ0) is 14.8. The molecule has 0 spiro atoms. The molecule has 1 saturated heterocycles. The third-order valence-corrected chi connectivity index (χ3v) is 4.31. The molecule has 2 heterocycles. The van der Waals surface area contributed by atoms with Crippen LogP contribution >= 0.6 is 0 Å². The fraction of sp³-hybridized carbons (Fsp3) is 0.688. The number of aryl methyl sites for hydroxylation is 1. The summed E-state index contributed by atoms with van der Waals surface area (Å²) >= 11 is 0. The summed E-state index contributed by atoms with van der Waals surface area (Å²) < 4.78 is 0. The second-order valence-electron chi connectivity index (χ2n) is 6.36. The van der Waals surface area contributed by atoms with Gasteiger partial charge in [0.05, 0.1) is 0 Å². The first kappa shape index (κ1) is 15.3. The molecule has 1 aliphatic rings. The monoisotopic (exact) mass is 276 g/mol. The lowest BCUT2D eigenvalue weighted by atomic mass is 9.99. The number of rotatable bonds is 4. The van der Waals surface area contributed by atoms with Crippen LogP contribution < -0.4 is 10.2 Å². The lowest BCUT2D eigenvalue weighted by Crippen LogP contribution is -2.57. The van der Waals surface area contributed by atoms with Crippen molar-refractivity contribution in [2.45, 2.75) is 39.3 Å². The van der Waals surface area contributed by atoms with Crippen LogP contribution in [0.2, 0.25) is 0 Å². The highest BCUT2D eigenvalue weighted by Crippen LogP contribution is 2.24. The van der Waals surface area contributed by atoms with Crippen LogP contribution in [0.3, 0.4) is 0 Å². The lowest BCUT2D eigenvalue weighted by Gasteiger charge is -2.45. The van der Waals surface area contributed by atoms with Gasteiger partial charge in [-0.1, -0.05) is 6.92 Å². The van der Waals surface area contributed by atoms with Gasteiger partial charge in [0.15, 0.2) is 0 Å². The number of hydrogen-bond donors (Lipinski definition) is 1. The first-order chi connectivity index (χ1) is 9.46. The fourth-order valence-electron chi connectivity index (χ4n) is 2.72. The van der Waals surface area contributed by atoms with Crippen molar-refractivity contribution in [1.82, 2.24) is 15.2 Å². The molecule has 112 valence electrons. The minimum absolute atomic E-state index is 0.200. The zero-order valence-electron chi connectivity index (χ0n) is 13.5. The van der Waals surface area contributed by atoms with E-state index in [-0.39, 0.29) is 5.54 Å². The molecule has 1 aromatic heterocycles. The van der Waals surface area contributed by atoms with Crippen molar-refractivity contribution >= 4 is 5.82 Å². The van der Waals surface area contributed by atoms with E-state index >= 15 is 0 Å². The molecule has 0 bridgehead atoms. The van der Waals surface area contributed by atoms with Crippen LogP contribution in [0.25, 0.3) is 0 Å². The molecule has 0 aliphatic carbocycles. The van der Waals surface area contributed by atoms with E-state index in [4.69, 9.17) is 4.98 Å².